The van der Waals surface area contributed by atoms with E-state index in [1.54, 1.807) is 11.8 Å². The fraction of sp³-hybridized carbons (Fsp3) is 0.750. The lowest BCUT2D eigenvalue weighted by Gasteiger charge is -2.06. The van der Waals surface area contributed by atoms with E-state index in [-0.39, 0.29) is 6.10 Å². The van der Waals surface area contributed by atoms with Crippen LogP contribution in [0.2, 0.25) is 0 Å². The lowest BCUT2D eigenvalue weighted by Crippen LogP contribution is -2.08. The van der Waals surface area contributed by atoms with Gasteiger partial charge in [0.15, 0.2) is 0 Å². The molecule has 0 radical (unpaired) electrons. The summed E-state index contributed by atoms with van der Waals surface area (Å²) in [6, 6.07) is 0. The van der Waals surface area contributed by atoms with Crippen LogP contribution in [0.1, 0.15) is 19.3 Å². The van der Waals surface area contributed by atoms with Crippen LogP contribution in [-0.2, 0) is 0 Å². The van der Waals surface area contributed by atoms with E-state index in [0.717, 1.165) is 25.0 Å². The first-order chi connectivity index (χ1) is 4.81. The van der Waals surface area contributed by atoms with Gasteiger partial charge in [-0.25, -0.2) is 0 Å². The fourth-order valence-electron chi connectivity index (χ4n) is 0.774. The maximum absolute atomic E-state index is 9.22. The third kappa shape index (κ3) is 6.17. The predicted molar refractivity (Wildman–Crippen MR) is 48.4 cm³/mol. The molecule has 1 nitrogen and oxygen atoms in total. The molecule has 1 atom stereocenters. The summed E-state index contributed by atoms with van der Waals surface area (Å²) in [7, 11) is 0. The van der Waals surface area contributed by atoms with Crippen molar-refractivity contribution in [3.05, 3.63) is 12.7 Å². The van der Waals surface area contributed by atoms with E-state index in [1.165, 1.54) is 0 Å². The predicted octanol–water partition coefficient (Wildman–Crippen LogP) is 2.07. The van der Waals surface area contributed by atoms with Gasteiger partial charge in [0.2, 0.25) is 0 Å². The zero-order chi connectivity index (χ0) is 7.82. The van der Waals surface area contributed by atoms with Crippen molar-refractivity contribution in [2.75, 3.05) is 12.0 Å². The first kappa shape index (κ1) is 10.0. The van der Waals surface area contributed by atoms with Crippen LogP contribution in [0.25, 0.3) is 0 Å². The van der Waals surface area contributed by atoms with Gasteiger partial charge in [0.25, 0.3) is 0 Å². The molecular formula is C8H16OS. The van der Waals surface area contributed by atoms with Gasteiger partial charge < -0.3 is 5.11 Å². The second kappa shape index (κ2) is 7.16. The standard InChI is InChI=1S/C8H16OS/c1-3-4-5-6-8(9)7-10-2/h3,8-9H,1,4-7H2,2H3. The van der Waals surface area contributed by atoms with Crippen LogP contribution >= 0.6 is 11.8 Å². The van der Waals surface area contributed by atoms with Crippen molar-refractivity contribution in [3.63, 3.8) is 0 Å². The summed E-state index contributed by atoms with van der Waals surface area (Å²) in [5.41, 5.74) is 0. The molecule has 1 N–H and O–H groups in total. The lowest BCUT2D eigenvalue weighted by atomic mass is 10.2. The van der Waals surface area contributed by atoms with Gasteiger partial charge in [-0.2, -0.15) is 11.8 Å². The van der Waals surface area contributed by atoms with Gasteiger partial charge in [-0.05, 0) is 25.5 Å². The Morgan fingerprint density at radius 2 is 2.40 bits per heavy atom. The van der Waals surface area contributed by atoms with Crippen LogP contribution in [0.5, 0.6) is 0 Å². The zero-order valence-corrected chi connectivity index (χ0v) is 7.36. The van der Waals surface area contributed by atoms with Gasteiger partial charge in [-0.15, -0.1) is 6.58 Å². The first-order valence-electron chi connectivity index (χ1n) is 3.59. The number of hydrogen-bond donors (Lipinski definition) is 1. The molecule has 0 saturated heterocycles. The summed E-state index contributed by atoms with van der Waals surface area (Å²) in [6.45, 7) is 3.62. The van der Waals surface area contributed by atoms with Crippen molar-refractivity contribution in [1.29, 1.82) is 0 Å². The average molecular weight is 160 g/mol. The van der Waals surface area contributed by atoms with E-state index in [4.69, 9.17) is 0 Å². The van der Waals surface area contributed by atoms with Gasteiger partial charge in [-0.1, -0.05) is 6.08 Å². The van der Waals surface area contributed by atoms with Crippen molar-refractivity contribution in [3.8, 4) is 0 Å². The minimum Gasteiger partial charge on any atom is -0.392 e. The van der Waals surface area contributed by atoms with Gasteiger partial charge in [0.1, 0.15) is 0 Å². The highest BCUT2D eigenvalue weighted by Gasteiger charge is 2.00. The number of unbranched alkanes of at least 4 members (excludes halogenated alkanes) is 1. The quantitative estimate of drug-likeness (QED) is 0.474. The summed E-state index contributed by atoms with van der Waals surface area (Å²) in [5.74, 6) is 0.858. The van der Waals surface area contributed by atoms with Gasteiger partial charge in [-0.3, -0.25) is 0 Å². The molecular weight excluding hydrogens is 144 g/mol. The van der Waals surface area contributed by atoms with Crippen LogP contribution < -0.4 is 0 Å². The SMILES string of the molecule is C=CCCCC(O)CSC. The van der Waals surface area contributed by atoms with Crippen molar-refractivity contribution < 1.29 is 5.11 Å². The molecule has 0 saturated carbocycles. The second-order valence-electron chi connectivity index (χ2n) is 2.33. The molecule has 0 aliphatic heterocycles. The minimum atomic E-state index is -0.116. The zero-order valence-electron chi connectivity index (χ0n) is 6.55. The van der Waals surface area contributed by atoms with E-state index in [9.17, 15) is 5.11 Å². The molecule has 0 bridgehead atoms. The van der Waals surface area contributed by atoms with Crippen LogP contribution in [0, 0.1) is 0 Å². The molecule has 10 heavy (non-hydrogen) atoms. The second-order valence-corrected chi connectivity index (χ2v) is 3.24. The molecule has 2 heteroatoms. The maximum Gasteiger partial charge on any atom is 0.0630 e. The molecule has 0 fully saturated rings. The smallest absolute Gasteiger partial charge is 0.0630 e. The molecule has 0 amide bonds. The van der Waals surface area contributed by atoms with E-state index < -0.39 is 0 Å². The molecule has 0 aromatic carbocycles. The highest BCUT2D eigenvalue weighted by Crippen LogP contribution is 2.05. The van der Waals surface area contributed by atoms with E-state index in [0.29, 0.717) is 0 Å². The first-order valence-corrected chi connectivity index (χ1v) is 4.98. The fourth-order valence-corrected chi connectivity index (χ4v) is 1.32. The number of aliphatic hydroxyl groups is 1. The number of thioether (sulfide) groups is 1. The molecule has 0 aromatic rings. The van der Waals surface area contributed by atoms with Crippen molar-refractivity contribution in [1.82, 2.24) is 0 Å². The summed E-state index contributed by atoms with van der Waals surface area (Å²) in [5, 5.41) is 9.22. The average Bonchev–Trinajstić information content (AvgIpc) is 1.89. The molecule has 60 valence electrons. The number of hydrogen-bond acceptors (Lipinski definition) is 2. The van der Waals surface area contributed by atoms with E-state index in [1.807, 2.05) is 12.3 Å². The Morgan fingerprint density at radius 1 is 1.70 bits per heavy atom. The Balaban J connectivity index is 3.04. The van der Waals surface area contributed by atoms with Gasteiger partial charge in [0.05, 0.1) is 6.10 Å². The number of rotatable bonds is 6. The third-order valence-corrected chi connectivity index (χ3v) is 2.02. The van der Waals surface area contributed by atoms with E-state index >= 15 is 0 Å². The topological polar surface area (TPSA) is 20.2 Å². The van der Waals surface area contributed by atoms with Crippen molar-refractivity contribution in [2.45, 2.75) is 25.4 Å². The molecule has 0 rings (SSSR count). The molecule has 0 aliphatic rings. The molecule has 1 unspecified atom stereocenters. The van der Waals surface area contributed by atoms with Gasteiger partial charge in [0, 0.05) is 5.75 Å². The number of aliphatic hydroxyl groups excluding tert-OH is 1. The Morgan fingerprint density at radius 3 is 2.90 bits per heavy atom. The Labute approximate surface area is 67.5 Å². The maximum atomic E-state index is 9.22. The number of allylic oxidation sites excluding steroid dienone is 1. The molecule has 0 aromatic heterocycles. The van der Waals surface area contributed by atoms with Crippen LogP contribution in [0.3, 0.4) is 0 Å². The van der Waals surface area contributed by atoms with Crippen LogP contribution in [0.4, 0.5) is 0 Å². The van der Waals surface area contributed by atoms with E-state index in [2.05, 4.69) is 6.58 Å². The Bertz CT molecular complexity index is 83.3. The minimum absolute atomic E-state index is 0.116. The third-order valence-electron chi connectivity index (χ3n) is 1.30. The summed E-state index contributed by atoms with van der Waals surface area (Å²) in [6.07, 6.45) is 6.78. The van der Waals surface area contributed by atoms with Crippen molar-refractivity contribution >= 4 is 11.8 Å². The molecule has 0 aliphatic carbocycles. The summed E-state index contributed by atoms with van der Waals surface area (Å²) < 4.78 is 0. The Hall–Kier alpha value is 0.0500. The van der Waals surface area contributed by atoms with Crippen LogP contribution in [-0.4, -0.2) is 23.2 Å². The molecule has 0 heterocycles. The van der Waals surface area contributed by atoms with Crippen LogP contribution in [0.15, 0.2) is 12.7 Å². The normalized spacial score (nSPS) is 13.0. The highest BCUT2D eigenvalue weighted by molar-refractivity contribution is 7.98. The summed E-state index contributed by atoms with van der Waals surface area (Å²) in [4.78, 5) is 0. The monoisotopic (exact) mass is 160 g/mol. The Kier molecular flexibility index (Phi) is 7.20. The summed E-state index contributed by atoms with van der Waals surface area (Å²) >= 11 is 1.69. The largest absolute Gasteiger partial charge is 0.392 e. The molecule has 0 spiro atoms. The van der Waals surface area contributed by atoms with Gasteiger partial charge >= 0.3 is 0 Å². The van der Waals surface area contributed by atoms with Crippen molar-refractivity contribution in [2.24, 2.45) is 0 Å². The lowest BCUT2D eigenvalue weighted by molar-refractivity contribution is 0.186. The highest BCUT2D eigenvalue weighted by atomic mass is 32.2.